The highest BCUT2D eigenvalue weighted by atomic mass is 79.9. The average Bonchev–Trinajstić information content (AvgIpc) is 2.94. The van der Waals surface area contributed by atoms with Crippen molar-refractivity contribution in [3.8, 4) is 0 Å². The molecule has 0 spiro atoms. The molecule has 2 aromatic rings. The summed E-state index contributed by atoms with van der Waals surface area (Å²) >= 11 is 10.4. The van der Waals surface area contributed by atoms with Crippen molar-refractivity contribution in [2.75, 3.05) is 11.9 Å². The number of hydrogen-bond donors (Lipinski definition) is 0. The first-order valence-corrected chi connectivity index (χ1v) is 9.23. The van der Waals surface area contributed by atoms with Gasteiger partial charge in [0.25, 0.3) is 0 Å². The van der Waals surface area contributed by atoms with E-state index in [0.717, 1.165) is 20.1 Å². The number of alkyl halides is 1. The molecule has 1 heterocycles. The van der Waals surface area contributed by atoms with Gasteiger partial charge in [0.15, 0.2) is 0 Å². The zero-order valence-electron chi connectivity index (χ0n) is 11.1. The topological polar surface area (TPSA) is 18.5 Å². The van der Waals surface area contributed by atoms with E-state index in [1.165, 1.54) is 0 Å². The summed E-state index contributed by atoms with van der Waals surface area (Å²) in [7, 11) is 0. The van der Waals surface area contributed by atoms with Gasteiger partial charge in [0.2, 0.25) is 5.79 Å². The van der Waals surface area contributed by atoms with Crippen molar-refractivity contribution in [3.05, 3.63) is 68.6 Å². The Labute approximate surface area is 149 Å². The summed E-state index contributed by atoms with van der Waals surface area (Å²) in [5, 5.41) is 0.592. The third-order valence-corrected chi connectivity index (χ3v) is 5.30. The molecule has 1 aliphatic rings. The summed E-state index contributed by atoms with van der Waals surface area (Å²) < 4.78 is 14.4. The SMILES string of the molecule is BrC[C@@]1(c2ccc(Br)cc2)OC[C@H](c2ccc(Br)cc2)O1. The van der Waals surface area contributed by atoms with Crippen molar-refractivity contribution < 1.29 is 9.47 Å². The smallest absolute Gasteiger partial charge is 0.205 e. The highest BCUT2D eigenvalue weighted by Crippen LogP contribution is 2.42. The summed E-state index contributed by atoms with van der Waals surface area (Å²) in [5.41, 5.74) is 2.14. The van der Waals surface area contributed by atoms with Crippen LogP contribution in [-0.2, 0) is 15.3 Å². The van der Waals surface area contributed by atoms with E-state index < -0.39 is 5.79 Å². The molecule has 0 aromatic heterocycles. The number of halogens is 3. The molecule has 2 nitrogen and oxygen atoms in total. The number of benzene rings is 2. The quantitative estimate of drug-likeness (QED) is 0.541. The van der Waals surface area contributed by atoms with E-state index in [9.17, 15) is 0 Å². The van der Waals surface area contributed by atoms with Crippen LogP contribution >= 0.6 is 47.8 Å². The maximum atomic E-state index is 6.25. The van der Waals surface area contributed by atoms with Crippen LogP contribution in [-0.4, -0.2) is 11.9 Å². The van der Waals surface area contributed by atoms with Crippen LogP contribution in [0.15, 0.2) is 57.5 Å². The van der Waals surface area contributed by atoms with E-state index >= 15 is 0 Å². The van der Waals surface area contributed by atoms with Crippen LogP contribution < -0.4 is 0 Å². The Morgan fingerprint density at radius 1 is 0.952 bits per heavy atom. The van der Waals surface area contributed by atoms with E-state index in [1.54, 1.807) is 0 Å². The fourth-order valence-corrected chi connectivity index (χ4v) is 3.50. The maximum Gasteiger partial charge on any atom is 0.205 e. The Bertz CT molecular complexity index is 612. The van der Waals surface area contributed by atoms with Crippen molar-refractivity contribution in [1.82, 2.24) is 0 Å². The van der Waals surface area contributed by atoms with Gasteiger partial charge in [-0.3, -0.25) is 0 Å². The van der Waals surface area contributed by atoms with E-state index in [4.69, 9.17) is 9.47 Å². The predicted molar refractivity (Wildman–Crippen MR) is 93.5 cm³/mol. The Kier molecular flexibility index (Phi) is 4.86. The second-order valence-electron chi connectivity index (χ2n) is 4.86. The lowest BCUT2D eigenvalue weighted by atomic mass is 10.1. The van der Waals surface area contributed by atoms with Gasteiger partial charge < -0.3 is 9.47 Å². The average molecular weight is 477 g/mol. The van der Waals surface area contributed by atoms with Gasteiger partial charge in [-0.1, -0.05) is 72.1 Å². The van der Waals surface area contributed by atoms with E-state index in [-0.39, 0.29) is 6.10 Å². The van der Waals surface area contributed by atoms with Crippen molar-refractivity contribution in [2.24, 2.45) is 0 Å². The van der Waals surface area contributed by atoms with Gasteiger partial charge in [-0.15, -0.1) is 0 Å². The molecule has 0 radical (unpaired) electrons. The molecule has 0 bridgehead atoms. The molecule has 2 atom stereocenters. The Hall–Kier alpha value is -0.200. The highest BCUT2D eigenvalue weighted by molar-refractivity contribution is 9.10. The second kappa shape index (κ2) is 6.50. The van der Waals surface area contributed by atoms with Crippen molar-refractivity contribution in [1.29, 1.82) is 0 Å². The van der Waals surface area contributed by atoms with E-state index in [0.29, 0.717) is 11.9 Å². The first-order chi connectivity index (χ1) is 10.1. The van der Waals surface area contributed by atoms with Crippen LogP contribution in [0.1, 0.15) is 17.2 Å². The molecule has 0 amide bonds. The van der Waals surface area contributed by atoms with Gasteiger partial charge in [0.05, 0.1) is 11.9 Å². The molecule has 1 fully saturated rings. The number of ether oxygens (including phenoxy) is 2. The van der Waals surface area contributed by atoms with Crippen LogP contribution in [0.4, 0.5) is 0 Å². The molecule has 0 N–H and O–H groups in total. The lowest BCUT2D eigenvalue weighted by molar-refractivity contribution is -0.157. The summed E-state index contributed by atoms with van der Waals surface area (Å²) in [6, 6.07) is 16.2. The van der Waals surface area contributed by atoms with Gasteiger partial charge in [0.1, 0.15) is 6.10 Å². The van der Waals surface area contributed by atoms with Crippen LogP contribution in [0.3, 0.4) is 0 Å². The second-order valence-corrected chi connectivity index (χ2v) is 7.25. The van der Waals surface area contributed by atoms with Crippen LogP contribution in [0, 0.1) is 0 Å². The summed E-state index contributed by atoms with van der Waals surface area (Å²) in [6.07, 6.45) is -0.0562. The molecule has 21 heavy (non-hydrogen) atoms. The lowest BCUT2D eigenvalue weighted by Crippen LogP contribution is -2.29. The normalized spacial score (nSPS) is 25.2. The van der Waals surface area contributed by atoms with Crippen molar-refractivity contribution in [2.45, 2.75) is 11.9 Å². The Balaban J connectivity index is 1.85. The standard InChI is InChI=1S/C16H13Br3O2/c17-10-16(12-3-7-14(19)8-4-12)20-9-15(21-16)11-1-5-13(18)6-2-11/h1-8,15H,9-10H2/t15-,16-/m1/s1. The fourth-order valence-electron chi connectivity index (χ4n) is 2.35. The van der Waals surface area contributed by atoms with Gasteiger partial charge in [-0.05, 0) is 29.8 Å². The molecule has 1 saturated heterocycles. The minimum absolute atomic E-state index is 0.0562. The largest absolute Gasteiger partial charge is 0.342 e. The Morgan fingerprint density at radius 3 is 2.10 bits per heavy atom. The van der Waals surface area contributed by atoms with Crippen molar-refractivity contribution >= 4 is 47.8 Å². The van der Waals surface area contributed by atoms with Gasteiger partial charge in [0, 0.05) is 14.5 Å². The lowest BCUT2D eigenvalue weighted by Gasteiger charge is -2.26. The summed E-state index contributed by atoms with van der Waals surface area (Å²) in [6.45, 7) is 0.545. The van der Waals surface area contributed by atoms with E-state index in [1.807, 2.05) is 36.4 Å². The predicted octanol–water partition coefficient (Wildman–Crippen LogP) is 5.55. The summed E-state index contributed by atoms with van der Waals surface area (Å²) in [5.74, 6) is -0.724. The zero-order chi connectivity index (χ0) is 14.9. The van der Waals surface area contributed by atoms with Gasteiger partial charge >= 0.3 is 0 Å². The number of hydrogen-bond acceptors (Lipinski definition) is 2. The van der Waals surface area contributed by atoms with Gasteiger partial charge in [-0.2, -0.15) is 0 Å². The van der Waals surface area contributed by atoms with Crippen LogP contribution in [0.25, 0.3) is 0 Å². The highest BCUT2D eigenvalue weighted by Gasteiger charge is 2.42. The molecule has 1 aliphatic heterocycles. The molecule has 0 aliphatic carbocycles. The summed E-state index contributed by atoms with van der Waals surface area (Å²) in [4.78, 5) is 0. The third kappa shape index (κ3) is 3.27. The van der Waals surface area contributed by atoms with Crippen LogP contribution in [0.2, 0.25) is 0 Å². The molecule has 3 rings (SSSR count). The first kappa shape index (κ1) is 15.7. The molecular formula is C16H13Br3O2. The molecule has 0 unspecified atom stereocenters. The fraction of sp³-hybridized carbons (Fsp3) is 0.250. The minimum Gasteiger partial charge on any atom is -0.342 e. The maximum absolute atomic E-state index is 6.25. The molecular weight excluding hydrogens is 464 g/mol. The van der Waals surface area contributed by atoms with Crippen LogP contribution in [0.5, 0.6) is 0 Å². The monoisotopic (exact) mass is 474 g/mol. The Morgan fingerprint density at radius 2 is 1.52 bits per heavy atom. The first-order valence-electron chi connectivity index (χ1n) is 6.52. The third-order valence-electron chi connectivity index (χ3n) is 3.50. The number of rotatable bonds is 3. The van der Waals surface area contributed by atoms with E-state index in [2.05, 4.69) is 59.9 Å². The van der Waals surface area contributed by atoms with Crippen molar-refractivity contribution in [3.63, 3.8) is 0 Å². The van der Waals surface area contributed by atoms with Gasteiger partial charge in [-0.25, -0.2) is 0 Å². The molecule has 5 heteroatoms. The minimum atomic E-state index is -0.724. The molecule has 110 valence electrons. The molecule has 0 saturated carbocycles. The zero-order valence-corrected chi connectivity index (χ0v) is 15.8. The molecule has 2 aromatic carbocycles.